The maximum absolute atomic E-state index is 12.3. The van der Waals surface area contributed by atoms with Crippen molar-refractivity contribution in [3.8, 4) is 0 Å². The number of carbonyl (C=O) groups excluding carboxylic acids is 2. The average molecular weight is 315 g/mol. The van der Waals surface area contributed by atoms with Crippen LogP contribution in [0.5, 0.6) is 0 Å². The monoisotopic (exact) mass is 315 g/mol. The summed E-state index contributed by atoms with van der Waals surface area (Å²) in [7, 11) is 0. The standard InChI is InChI=1S/C18H21NO4/c1-18(2,3)23-17(21)19-10-9-14-13(11-19)15(16(20)22-14)12-7-5-4-6-8-12/h4-8,14H,9-11H2,1-3H3. The maximum atomic E-state index is 12.3. The summed E-state index contributed by atoms with van der Waals surface area (Å²) < 4.78 is 10.9. The number of hydrogen-bond donors (Lipinski definition) is 0. The predicted octanol–water partition coefficient (Wildman–Crippen LogP) is 3.01. The Kier molecular flexibility index (Phi) is 3.88. The van der Waals surface area contributed by atoms with E-state index in [1.165, 1.54) is 0 Å². The minimum atomic E-state index is -0.535. The van der Waals surface area contributed by atoms with Gasteiger partial charge in [-0.05, 0) is 26.3 Å². The van der Waals surface area contributed by atoms with Crippen molar-refractivity contribution < 1.29 is 19.1 Å². The molecule has 0 radical (unpaired) electrons. The Morgan fingerprint density at radius 1 is 1.26 bits per heavy atom. The third-order valence-corrected chi connectivity index (χ3v) is 3.90. The van der Waals surface area contributed by atoms with Gasteiger partial charge in [0.2, 0.25) is 0 Å². The molecule has 0 spiro atoms. The van der Waals surface area contributed by atoms with Gasteiger partial charge < -0.3 is 14.4 Å². The van der Waals surface area contributed by atoms with Gasteiger partial charge in [0.25, 0.3) is 0 Å². The molecule has 1 amide bonds. The molecule has 0 aliphatic carbocycles. The van der Waals surface area contributed by atoms with Gasteiger partial charge >= 0.3 is 12.1 Å². The summed E-state index contributed by atoms with van der Waals surface area (Å²) >= 11 is 0. The second kappa shape index (κ2) is 5.72. The van der Waals surface area contributed by atoms with Gasteiger partial charge in [-0.3, -0.25) is 0 Å². The van der Waals surface area contributed by atoms with Gasteiger partial charge in [-0.1, -0.05) is 30.3 Å². The smallest absolute Gasteiger partial charge is 0.410 e. The molecule has 0 bridgehead atoms. The van der Waals surface area contributed by atoms with Gasteiger partial charge in [0.15, 0.2) is 0 Å². The van der Waals surface area contributed by atoms with Crippen LogP contribution in [0.15, 0.2) is 35.9 Å². The van der Waals surface area contributed by atoms with Crippen LogP contribution in [0.1, 0.15) is 32.8 Å². The highest BCUT2D eigenvalue weighted by molar-refractivity contribution is 6.19. The number of carbonyl (C=O) groups is 2. The predicted molar refractivity (Wildman–Crippen MR) is 85.7 cm³/mol. The van der Waals surface area contributed by atoms with Crippen molar-refractivity contribution in [3.05, 3.63) is 41.5 Å². The fraction of sp³-hybridized carbons (Fsp3) is 0.444. The lowest BCUT2D eigenvalue weighted by atomic mass is 9.94. The molecule has 1 aromatic carbocycles. The fourth-order valence-corrected chi connectivity index (χ4v) is 2.91. The van der Waals surface area contributed by atoms with Gasteiger partial charge in [0, 0.05) is 25.1 Å². The lowest BCUT2D eigenvalue weighted by Gasteiger charge is -2.32. The van der Waals surface area contributed by atoms with Crippen LogP contribution in [-0.4, -0.2) is 41.8 Å². The highest BCUT2D eigenvalue weighted by Crippen LogP contribution is 2.35. The molecule has 3 rings (SSSR count). The van der Waals surface area contributed by atoms with E-state index in [0.717, 1.165) is 11.1 Å². The number of amides is 1. The van der Waals surface area contributed by atoms with Gasteiger partial charge in [-0.2, -0.15) is 0 Å². The molecule has 2 aliphatic rings. The van der Waals surface area contributed by atoms with E-state index in [1.807, 2.05) is 51.1 Å². The summed E-state index contributed by atoms with van der Waals surface area (Å²) in [6, 6.07) is 9.45. The number of fused-ring (bicyclic) bond motifs is 1. The first-order valence-electron chi connectivity index (χ1n) is 7.82. The molecule has 0 aromatic heterocycles. The van der Waals surface area contributed by atoms with Crippen LogP contribution >= 0.6 is 0 Å². The molecule has 0 saturated carbocycles. The van der Waals surface area contributed by atoms with E-state index in [2.05, 4.69) is 0 Å². The number of benzene rings is 1. The number of esters is 1. The number of hydrogen-bond acceptors (Lipinski definition) is 4. The molecular weight excluding hydrogens is 294 g/mol. The van der Waals surface area contributed by atoms with E-state index in [-0.39, 0.29) is 18.2 Å². The minimum absolute atomic E-state index is 0.226. The van der Waals surface area contributed by atoms with E-state index < -0.39 is 5.60 Å². The van der Waals surface area contributed by atoms with E-state index in [9.17, 15) is 9.59 Å². The minimum Gasteiger partial charge on any atom is -0.454 e. The maximum Gasteiger partial charge on any atom is 0.410 e. The first kappa shape index (κ1) is 15.6. The van der Waals surface area contributed by atoms with Crippen molar-refractivity contribution in [2.75, 3.05) is 13.1 Å². The molecule has 2 aliphatic heterocycles. The SMILES string of the molecule is CC(C)(C)OC(=O)N1CCC2OC(=O)C(c3ccccc3)=C2C1. The molecule has 2 heterocycles. The normalized spacial score (nSPS) is 21.1. The van der Waals surface area contributed by atoms with Gasteiger partial charge in [0.05, 0.1) is 5.57 Å². The molecule has 23 heavy (non-hydrogen) atoms. The number of piperidine rings is 1. The highest BCUT2D eigenvalue weighted by Gasteiger charge is 2.40. The molecule has 1 atom stereocenters. The quantitative estimate of drug-likeness (QED) is 0.748. The van der Waals surface area contributed by atoms with Crippen LogP contribution in [-0.2, 0) is 14.3 Å². The number of likely N-dealkylation sites (tertiary alicyclic amines) is 1. The highest BCUT2D eigenvalue weighted by atomic mass is 16.6. The summed E-state index contributed by atoms with van der Waals surface area (Å²) in [5.41, 5.74) is 1.76. The molecule has 0 N–H and O–H groups in total. The third kappa shape index (κ3) is 3.23. The first-order chi connectivity index (χ1) is 10.8. The Labute approximate surface area is 135 Å². The second-order valence-corrected chi connectivity index (χ2v) is 6.85. The van der Waals surface area contributed by atoms with Crippen LogP contribution in [0.25, 0.3) is 5.57 Å². The van der Waals surface area contributed by atoms with Crippen LogP contribution in [0.4, 0.5) is 4.79 Å². The molecule has 5 heteroatoms. The molecule has 1 unspecified atom stereocenters. The average Bonchev–Trinajstić information content (AvgIpc) is 2.81. The van der Waals surface area contributed by atoms with Crippen LogP contribution in [0.3, 0.4) is 0 Å². The zero-order chi connectivity index (χ0) is 16.6. The number of rotatable bonds is 1. The summed E-state index contributed by atoms with van der Waals surface area (Å²) in [6.45, 7) is 6.42. The van der Waals surface area contributed by atoms with Crippen molar-refractivity contribution in [2.45, 2.75) is 38.9 Å². The van der Waals surface area contributed by atoms with E-state index in [1.54, 1.807) is 4.90 Å². The van der Waals surface area contributed by atoms with E-state index in [0.29, 0.717) is 25.1 Å². The zero-order valence-electron chi connectivity index (χ0n) is 13.7. The largest absolute Gasteiger partial charge is 0.454 e. The zero-order valence-corrected chi connectivity index (χ0v) is 13.7. The molecule has 5 nitrogen and oxygen atoms in total. The first-order valence-corrected chi connectivity index (χ1v) is 7.82. The van der Waals surface area contributed by atoms with Crippen molar-refractivity contribution in [1.82, 2.24) is 4.90 Å². The molecule has 1 fully saturated rings. The second-order valence-electron chi connectivity index (χ2n) is 6.85. The van der Waals surface area contributed by atoms with E-state index >= 15 is 0 Å². The van der Waals surface area contributed by atoms with Crippen molar-refractivity contribution in [1.29, 1.82) is 0 Å². The number of nitrogens with zero attached hydrogens (tertiary/aromatic N) is 1. The Hall–Kier alpha value is -2.30. The topological polar surface area (TPSA) is 55.8 Å². The van der Waals surface area contributed by atoms with Crippen LogP contribution in [0.2, 0.25) is 0 Å². The number of ether oxygens (including phenoxy) is 2. The summed E-state index contributed by atoms with van der Waals surface area (Å²) in [4.78, 5) is 26.2. The van der Waals surface area contributed by atoms with Gasteiger partial charge in [-0.25, -0.2) is 9.59 Å². The van der Waals surface area contributed by atoms with Gasteiger partial charge in [-0.15, -0.1) is 0 Å². The molecule has 1 saturated heterocycles. The van der Waals surface area contributed by atoms with E-state index in [4.69, 9.17) is 9.47 Å². The molecule has 122 valence electrons. The molecular formula is C18H21NO4. The molecule has 1 aromatic rings. The lowest BCUT2D eigenvalue weighted by Crippen LogP contribution is -2.43. The van der Waals surface area contributed by atoms with Crippen molar-refractivity contribution in [2.24, 2.45) is 0 Å². The summed E-state index contributed by atoms with van der Waals surface area (Å²) in [6.07, 6.45) is 0.0306. The van der Waals surface area contributed by atoms with Crippen molar-refractivity contribution in [3.63, 3.8) is 0 Å². The summed E-state index contributed by atoms with van der Waals surface area (Å²) in [5.74, 6) is -0.303. The Morgan fingerprint density at radius 3 is 2.61 bits per heavy atom. The Morgan fingerprint density at radius 2 is 1.96 bits per heavy atom. The fourth-order valence-electron chi connectivity index (χ4n) is 2.91. The van der Waals surface area contributed by atoms with Crippen LogP contribution < -0.4 is 0 Å². The Bertz CT molecular complexity index is 657. The van der Waals surface area contributed by atoms with Gasteiger partial charge in [0.1, 0.15) is 11.7 Å². The lowest BCUT2D eigenvalue weighted by molar-refractivity contribution is -0.138. The summed E-state index contributed by atoms with van der Waals surface area (Å²) in [5, 5.41) is 0. The Balaban J connectivity index is 1.87. The third-order valence-electron chi connectivity index (χ3n) is 3.90. The van der Waals surface area contributed by atoms with Crippen molar-refractivity contribution >= 4 is 17.6 Å². The van der Waals surface area contributed by atoms with Crippen LogP contribution in [0, 0.1) is 0 Å².